The zero-order chi connectivity index (χ0) is 20.6. The summed E-state index contributed by atoms with van der Waals surface area (Å²) in [5, 5.41) is 7.39. The molecule has 6 nitrogen and oxygen atoms in total. The Hall–Kier alpha value is -3.58. The van der Waals surface area contributed by atoms with Gasteiger partial charge in [-0.1, -0.05) is 24.3 Å². The highest BCUT2D eigenvalue weighted by Gasteiger charge is 2.16. The maximum atomic E-state index is 12.9. The van der Waals surface area contributed by atoms with Crippen molar-refractivity contribution in [2.45, 2.75) is 0 Å². The molecular weight excluding hydrogens is 388 g/mol. The van der Waals surface area contributed by atoms with E-state index in [2.05, 4.69) is 10.6 Å². The Kier molecular flexibility index (Phi) is 6.65. The zero-order valence-electron chi connectivity index (χ0n) is 16.0. The van der Waals surface area contributed by atoms with Crippen LogP contribution in [0.5, 0.6) is 11.5 Å². The largest absolute Gasteiger partial charge is 0.493 e. The van der Waals surface area contributed by atoms with Gasteiger partial charge in [0, 0.05) is 22.2 Å². The van der Waals surface area contributed by atoms with Gasteiger partial charge in [0.15, 0.2) is 11.5 Å². The standard InChI is InChI=1S/C22H20N2O4S/c1-27-19-11-10-16(13-20(19)28-2)23-22(26)18(14-17-9-6-12-29-17)24-21(25)15-7-4-3-5-8-15/h3-14H,1-2H3,(H,23,26)(H,24,25)/b18-14-. The second kappa shape index (κ2) is 9.57. The van der Waals surface area contributed by atoms with Gasteiger partial charge in [0.05, 0.1) is 14.2 Å². The lowest BCUT2D eigenvalue weighted by Gasteiger charge is -2.13. The van der Waals surface area contributed by atoms with Crippen molar-refractivity contribution in [2.75, 3.05) is 19.5 Å². The Balaban J connectivity index is 1.84. The zero-order valence-corrected chi connectivity index (χ0v) is 16.8. The lowest BCUT2D eigenvalue weighted by molar-refractivity contribution is -0.113. The van der Waals surface area contributed by atoms with Crippen LogP contribution in [0.25, 0.3) is 6.08 Å². The number of anilines is 1. The molecular formula is C22H20N2O4S. The fourth-order valence-electron chi connectivity index (χ4n) is 2.57. The van der Waals surface area contributed by atoms with E-state index in [9.17, 15) is 9.59 Å². The highest BCUT2D eigenvalue weighted by Crippen LogP contribution is 2.30. The van der Waals surface area contributed by atoms with E-state index in [0.29, 0.717) is 22.7 Å². The van der Waals surface area contributed by atoms with Crippen LogP contribution < -0.4 is 20.1 Å². The first-order valence-corrected chi connectivity index (χ1v) is 9.63. The molecule has 0 atom stereocenters. The minimum absolute atomic E-state index is 0.135. The number of hydrogen-bond acceptors (Lipinski definition) is 5. The topological polar surface area (TPSA) is 76.7 Å². The third-order valence-electron chi connectivity index (χ3n) is 4.00. The highest BCUT2D eigenvalue weighted by molar-refractivity contribution is 7.10. The van der Waals surface area contributed by atoms with Crippen LogP contribution in [-0.4, -0.2) is 26.0 Å². The molecule has 0 fully saturated rings. The molecule has 2 amide bonds. The van der Waals surface area contributed by atoms with Gasteiger partial charge in [0.25, 0.3) is 11.8 Å². The molecule has 0 bridgehead atoms. The first kappa shape index (κ1) is 20.2. The van der Waals surface area contributed by atoms with Crippen molar-refractivity contribution < 1.29 is 19.1 Å². The molecule has 0 radical (unpaired) electrons. The number of ether oxygens (including phenoxy) is 2. The smallest absolute Gasteiger partial charge is 0.272 e. The maximum Gasteiger partial charge on any atom is 0.272 e. The number of rotatable bonds is 7. The van der Waals surface area contributed by atoms with Gasteiger partial charge in [0.2, 0.25) is 0 Å². The van der Waals surface area contributed by atoms with E-state index in [1.807, 2.05) is 23.6 Å². The summed E-state index contributed by atoms with van der Waals surface area (Å²) in [6.07, 6.45) is 1.64. The predicted molar refractivity (Wildman–Crippen MR) is 114 cm³/mol. The second-order valence-electron chi connectivity index (χ2n) is 5.92. The molecule has 7 heteroatoms. The average Bonchev–Trinajstić information content (AvgIpc) is 3.26. The van der Waals surface area contributed by atoms with Crippen LogP contribution in [-0.2, 0) is 4.79 Å². The summed E-state index contributed by atoms with van der Waals surface area (Å²) in [6, 6.07) is 17.5. The molecule has 3 aromatic rings. The van der Waals surface area contributed by atoms with Crippen molar-refractivity contribution in [1.29, 1.82) is 0 Å². The molecule has 1 heterocycles. The third-order valence-corrected chi connectivity index (χ3v) is 4.82. The number of methoxy groups -OCH3 is 2. The van der Waals surface area contributed by atoms with Gasteiger partial charge >= 0.3 is 0 Å². The summed E-state index contributed by atoms with van der Waals surface area (Å²) in [7, 11) is 3.06. The van der Waals surface area contributed by atoms with Crippen molar-refractivity contribution in [2.24, 2.45) is 0 Å². The molecule has 1 aromatic heterocycles. The first-order chi connectivity index (χ1) is 14.1. The Bertz CT molecular complexity index is 1010. The van der Waals surface area contributed by atoms with Gasteiger partial charge in [-0.3, -0.25) is 9.59 Å². The Labute approximate surface area is 172 Å². The molecule has 0 aliphatic rings. The van der Waals surface area contributed by atoms with E-state index in [-0.39, 0.29) is 11.6 Å². The number of benzene rings is 2. The monoisotopic (exact) mass is 408 g/mol. The number of hydrogen-bond donors (Lipinski definition) is 2. The van der Waals surface area contributed by atoms with Gasteiger partial charge < -0.3 is 20.1 Å². The molecule has 2 N–H and O–H groups in total. The molecule has 0 saturated heterocycles. The molecule has 148 valence electrons. The molecule has 0 aliphatic heterocycles. The van der Waals surface area contributed by atoms with Crippen LogP contribution in [0.4, 0.5) is 5.69 Å². The average molecular weight is 408 g/mol. The summed E-state index contributed by atoms with van der Waals surface area (Å²) in [4.78, 5) is 26.3. The summed E-state index contributed by atoms with van der Waals surface area (Å²) >= 11 is 1.46. The van der Waals surface area contributed by atoms with E-state index in [0.717, 1.165) is 4.88 Å². The number of carbonyl (C=O) groups excluding carboxylic acids is 2. The van der Waals surface area contributed by atoms with E-state index in [1.54, 1.807) is 48.5 Å². The molecule has 0 aliphatic carbocycles. The minimum atomic E-state index is -0.449. The Morgan fingerprint density at radius 1 is 0.931 bits per heavy atom. The summed E-state index contributed by atoms with van der Waals surface area (Å²) in [5.74, 6) is 0.227. The van der Waals surface area contributed by atoms with Crippen molar-refractivity contribution in [3.8, 4) is 11.5 Å². The highest BCUT2D eigenvalue weighted by atomic mass is 32.1. The fourth-order valence-corrected chi connectivity index (χ4v) is 3.23. The minimum Gasteiger partial charge on any atom is -0.493 e. The van der Waals surface area contributed by atoms with Gasteiger partial charge in [-0.25, -0.2) is 0 Å². The fraction of sp³-hybridized carbons (Fsp3) is 0.0909. The normalized spacial score (nSPS) is 10.9. The van der Waals surface area contributed by atoms with Crippen molar-refractivity contribution in [3.05, 3.63) is 82.2 Å². The molecule has 0 spiro atoms. The Morgan fingerprint density at radius 3 is 2.34 bits per heavy atom. The van der Waals surface area contributed by atoms with Crippen LogP contribution in [0, 0.1) is 0 Å². The second-order valence-corrected chi connectivity index (χ2v) is 6.90. The molecule has 3 rings (SSSR count). The number of thiophene rings is 1. The molecule has 0 unspecified atom stereocenters. The molecule has 2 aromatic carbocycles. The maximum absolute atomic E-state index is 12.9. The quantitative estimate of drug-likeness (QED) is 0.575. The SMILES string of the molecule is COc1ccc(NC(=O)/C(=C/c2cccs2)NC(=O)c2ccccc2)cc1OC. The Morgan fingerprint density at radius 2 is 1.69 bits per heavy atom. The van der Waals surface area contributed by atoms with Gasteiger partial charge in [-0.05, 0) is 41.8 Å². The van der Waals surface area contributed by atoms with Crippen LogP contribution in [0.2, 0.25) is 0 Å². The number of carbonyl (C=O) groups is 2. The predicted octanol–water partition coefficient (Wildman–Crippen LogP) is 4.17. The van der Waals surface area contributed by atoms with Crippen LogP contribution >= 0.6 is 11.3 Å². The summed E-state index contributed by atoms with van der Waals surface area (Å²) in [6.45, 7) is 0. The van der Waals surface area contributed by atoms with Crippen LogP contribution in [0.1, 0.15) is 15.2 Å². The van der Waals surface area contributed by atoms with E-state index >= 15 is 0 Å². The molecule has 29 heavy (non-hydrogen) atoms. The van der Waals surface area contributed by atoms with Gasteiger partial charge in [-0.15, -0.1) is 11.3 Å². The summed E-state index contributed by atoms with van der Waals surface area (Å²) in [5.41, 5.74) is 1.11. The lowest BCUT2D eigenvalue weighted by Crippen LogP contribution is -2.30. The summed E-state index contributed by atoms with van der Waals surface area (Å²) < 4.78 is 10.5. The van der Waals surface area contributed by atoms with Crippen molar-refractivity contribution in [3.63, 3.8) is 0 Å². The van der Waals surface area contributed by atoms with Crippen LogP contribution in [0.15, 0.2) is 71.7 Å². The van der Waals surface area contributed by atoms with Gasteiger partial charge in [0.1, 0.15) is 5.70 Å². The van der Waals surface area contributed by atoms with E-state index in [1.165, 1.54) is 25.6 Å². The molecule has 0 saturated carbocycles. The van der Waals surface area contributed by atoms with E-state index < -0.39 is 5.91 Å². The van der Waals surface area contributed by atoms with Crippen LogP contribution in [0.3, 0.4) is 0 Å². The first-order valence-electron chi connectivity index (χ1n) is 8.75. The lowest BCUT2D eigenvalue weighted by atomic mass is 10.2. The van der Waals surface area contributed by atoms with Crippen molar-refractivity contribution >= 4 is 34.9 Å². The van der Waals surface area contributed by atoms with Gasteiger partial charge in [-0.2, -0.15) is 0 Å². The third kappa shape index (κ3) is 5.24. The van der Waals surface area contributed by atoms with Crippen molar-refractivity contribution in [1.82, 2.24) is 5.32 Å². The number of nitrogens with one attached hydrogen (secondary N) is 2. The van der Waals surface area contributed by atoms with E-state index in [4.69, 9.17) is 9.47 Å². The number of amides is 2.